The Morgan fingerprint density at radius 1 is 1.13 bits per heavy atom. The van der Waals surface area contributed by atoms with E-state index in [2.05, 4.69) is 11.2 Å². The number of aromatic nitrogens is 4. The molecule has 1 aliphatic rings. The highest BCUT2D eigenvalue weighted by molar-refractivity contribution is 7.18. The van der Waals surface area contributed by atoms with Crippen LogP contribution in [0.2, 0.25) is 0 Å². The Morgan fingerprint density at radius 2 is 1.87 bits per heavy atom. The van der Waals surface area contributed by atoms with Gasteiger partial charge in [0.2, 0.25) is 0 Å². The van der Waals surface area contributed by atoms with Gasteiger partial charge in [-0.05, 0) is 75.6 Å². The lowest BCUT2D eigenvalue weighted by Gasteiger charge is -2.05. The lowest BCUT2D eigenvalue weighted by molar-refractivity contribution is 0.627. The van der Waals surface area contributed by atoms with Gasteiger partial charge in [0.25, 0.3) is 5.56 Å². The third kappa shape index (κ3) is 2.76. The summed E-state index contributed by atoms with van der Waals surface area (Å²) >= 11 is 1.58. The van der Waals surface area contributed by atoms with Crippen molar-refractivity contribution in [2.45, 2.75) is 40.7 Å². The van der Waals surface area contributed by atoms with Gasteiger partial charge in [0, 0.05) is 22.7 Å². The average molecular weight is 421 g/mol. The van der Waals surface area contributed by atoms with Gasteiger partial charge in [-0.3, -0.25) is 9.36 Å². The zero-order chi connectivity index (χ0) is 21.2. The molecule has 0 unspecified atom stereocenters. The molecule has 4 aromatic rings. The van der Waals surface area contributed by atoms with Crippen molar-refractivity contribution in [3.05, 3.63) is 73.7 Å². The van der Waals surface area contributed by atoms with Gasteiger partial charge in [-0.1, -0.05) is 0 Å². The summed E-state index contributed by atoms with van der Waals surface area (Å²) in [5.74, 6) is 0.481. The van der Waals surface area contributed by atoms with Crippen molar-refractivity contribution in [3.63, 3.8) is 0 Å². The lowest BCUT2D eigenvalue weighted by Crippen LogP contribution is -2.20. The summed E-state index contributed by atoms with van der Waals surface area (Å²) in [5.41, 5.74) is 5.81. The molecule has 0 N–H and O–H groups in total. The molecule has 152 valence electrons. The van der Waals surface area contributed by atoms with Gasteiger partial charge in [-0.25, -0.2) is 14.1 Å². The molecule has 0 radical (unpaired) electrons. The molecule has 1 aliphatic heterocycles. The van der Waals surface area contributed by atoms with E-state index >= 15 is 0 Å². The van der Waals surface area contributed by atoms with Gasteiger partial charge in [-0.15, -0.1) is 11.3 Å². The fraction of sp³-hybridized carbons (Fsp3) is 0.261. The molecule has 0 amide bonds. The van der Waals surface area contributed by atoms with Gasteiger partial charge in [0.1, 0.15) is 16.5 Å². The van der Waals surface area contributed by atoms with E-state index in [1.165, 1.54) is 12.1 Å². The lowest BCUT2D eigenvalue weighted by atomic mass is 10.1. The summed E-state index contributed by atoms with van der Waals surface area (Å²) in [5, 5.41) is 5.40. The van der Waals surface area contributed by atoms with Crippen LogP contribution in [0.25, 0.3) is 27.6 Å². The van der Waals surface area contributed by atoms with Crippen molar-refractivity contribution in [2.75, 3.05) is 0 Å². The Hall–Kier alpha value is -3.06. The fourth-order valence-corrected chi connectivity index (χ4v) is 5.15. The maximum absolute atomic E-state index is 13.3. The van der Waals surface area contributed by atoms with Crippen LogP contribution < -0.4 is 5.56 Å². The number of hydrogen-bond acceptors (Lipinski definition) is 4. The Morgan fingerprint density at radius 3 is 2.60 bits per heavy atom. The van der Waals surface area contributed by atoms with Crippen LogP contribution in [0, 0.1) is 33.5 Å². The second kappa shape index (κ2) is 6.74. The van der Waals surface area contributed by atoms with Crippen LogP contribution in [0.15, 0.2) is 29.1 Å². The Kier molecular flexibility index (Phi) is 4.25. The highest BCUT2D eigenvalue weighted by Crippen LogP contribution is 2.33. The first-order valence-corrected chi connectivity index (χ1v) is 10.7. The van der Waals surface area contributed by atoms with Crippen LogP contribution in [0.4, 0.5) is 4.39 Å². The standard InChI is InChI=1S/C23H21FN4OS/c1-12-15(4)30-22-20(12)23(29)27-10-9-16(21(27)25-22)11-19-13(2)26-28(14(19)3)18-7-5-17(24)6-8-18/h5-8,11H,9-10H2,1-4H3/b16-11+. The number of fused-ring (bicyclic) bond motifs is 2. The van der Waals surface area contributed by atoms with E-state index in [0.29, 0.717) is 6.54 Å². The summed E-state index contributed by atoms with van der Waals surface area (Å²) in [4.78, 5) is 19.9. The van der Waals surface area contributed by atoms with Gasteiger partial charge in [-0.2, -0.15) is 5.10 Å². The van der Waals surface area contributed by atoms with Crippen molar-refractivity contribution in [1.29, 1.82) is 0 Å². The molecule has 0 atom stereocenters. The number of benzene rings is 1. The summed E-state index contributed by atoms with van der Waals surface area (Å²) in [6, 6.07) is 6.30. The molecule has 0 fully saturated rings. The van der Waals surface area contributed by atoms with Crippen molar-refractivity contribution >= 4 is 33.2 Å². The van der Waals surface area contributed by atoms with E-state index in [1.807, 2.05) is 32.4 Å². The smallest absolute Gasteiger partial charge is 0.262 e. The minimum absolute atomic E-state index is 0.0516. The van der Waals surface area contributed by atoms with Gasteiger partial charge in [0.05, 0.1) is 16.8 Å². The molecule has 0 bridgehead atoms. The van der Waals surface area contributed by atoms with Gasteiger partial charge < -0.3 is 0 Å². The van der Waals surface area contributed by atoms with E-state index in [1.54, 1.807) is 28.0 Å². The summed E-state index contributed by atoms with van der Waals surface area (Å²) in [7, 11) is 0. The predicted molar refractivity (Wildman–Crippen MR) is 119 cm³/mol. The number of nitrogens with zero attached hydrogens (tertiary/aromatic N) is 4. The zero-order valence-corrected chi connectivity index (χ0v) is 18.1. The van der Waals surface area contributed by atoms with E-state index in [0.717, 1.165) is 61.1 Å². The molecule has 0 aliphatic carbocycles. The van der Waals surface area contributed by atoms with Crippen LogP contribution in [0.3, 0.4) is 0 Å². The van der Waals surface area contributed by atoms with Crippen molar-refractivity contribution in [2.24, 2.45) is 0 Å². The summed E-state index contributed by atoms with van der Waals surface area (Å²) < 4.78 is 16.9. The molecule has 3 aromatic heterocycles. The highest BCUT2D eigenvalue weighted by Gasteiger charge is 2.24. The van der Waals surface area contributed by atoms with E-state index in [-0.39, 0.29) is 11.4 Å². The van der Waals surface area contributed by atoms with E-state index < -0.39 is 0 Å². The number of rotatable bonds is 2. The van der Waals surface area contributed by atoms with Gasteiger partial charge in [0.15, 0.2) is 0 Å². The molecule has 0 saturated carbocycles. The molecule has 30 heavy (non-hydrogen) atoms. The summed E-state index contributed by atoms with van der Waals surface area (Å²) in [6.07, 6.45) is 2.86. The molecule has 1 aromatic carbocycles. The maximum atomic E-state index is 13.3. The number of hydrogen-bond donors (Lipinski definition) is 0. The van der Waals surface area contributed by atoms with Crippen molar-refractivity contribution in [1.82, 2.24) is 19.3 Å². The number of aryl methyl sites for hydroxylation is 3. The SMILES string of the molecule is Cc1nn(-c2ccc(F)cc2)c(C)c1/C=C1\CCn2c1nc1sc(C)c(C)c1c2=O. The Balaban J connectivity index is 1.64. The third-order valence-corrected chi connectivity index (χ3v) is 7.02. The zero-order valence-electron chi connectivity index (χ0n) is 17.3. The van der Waals surface area contributed by atoms with Crippen LogP contribution >= 0.6 is 11.3 Å². The molecular formula is C23H21FN4OS. The minimum atomic E-state index is -0.271. The number of halogens is 1. The van der Waals surface area contributed by atoms with Crippen LogP contribution in [0.1, 0.15) is 39.6 Å². The van der Waals surface area contributed by atoms with Crippen molar-refractivity contribution < 1.29 is 4.39 Å². The molecule has 0 saturated heterocycles. The molecule has 7 heteroatoms. The number of thiophene rings is 1. The van der Waals surface area contributed by atoms with Crippen LogP contribution in [0.5, 0.6) is 0 Å². The third-order valence-electron chi connectivity index (χ3n) is 5.92. The van der Waals surface area contributed by atoms with Crippen molar-refractivity contribution in [3.8, 4) is 5.69 Å². The average Bonchev–Trinajstić information content (AvgIpc) is 3.34. The predicted octanol–water partition coefficient (Wildman–Crippen LogP) is 4.96. The molecule has 4 heterocycles. The Labute approximate surface area is 177 Å². The van der Waals surface area contributed by atoms with E-state index in [9.17, 15) is 9.18 Å². The minimum Gasteiger partial charge on any atom is -0.292 e. The van der Waals surface area contributed by atoms with Crippen LogP contribution in [-0.4, -0.2) is 19.3 Å². The topological polar surface area (TPSA) is 52.7 Å². The molecule has 5 rings (SSSR count). The van der Waals surface area contributed by atoms with E-state index in [4.69, 9.17) is 4.98 Å². The molecule has 0 spiro atoms. The molecule has 5 nitrogen and oxygen atoms in total. The monoisotopic (exact) mass is 420 g/mol. The second-order valence-corrected chi connectivity index (χ2v) is 8.95. The quantitative estimate of drug-likeness (QED) is 0.461. The van der Waals surface area contributed by atoms with Crippen LogP contribution in [-0.2, 0) is 6.54 Å². The van der Waals surface area contributed by atoms with Gasteiger partial charge >= 0.3 is 0 Å². The Bertz CT molecular complexity index is 1410. The largest absolute Gasteiger partial charge is 0.292 e. The molecular weight excluding hydrogens is 399 g/mol. The second-order valence-electron chi connectivity index (χ2n) is 7.75. The normalized spacial score (nSPS) is 14.8. The highest BCUT2D eigenvalue weighted by atomic mass is 32.1. The first-order valence-electron chi connectivity index (χ1n) is 9.89. The maximum Gasteiger partial charge on any atom is 0.262 e. The first kappa shape index (κ1) is 18.9. The first-order chi connectivity index (χ1) is 14.3. The fourth-order valence-electron chi connectivity index (χ4n) is 4.13. The number of allylic oxidation sites excluding steroid dienone is 1. The summed E-state index contributed by atoms with van der Waals surface area (Å²) in [6.45, 7) is 8.63.